The molecule has 0 unspecified atom stereocenters. The maximum atomic E-state index is 10.4. The summed E-state index contributed by atoms with van der Waals surface area (Å²) in [7, 11) is 1.93. The van der Waals surface area contributed by atoms with Gasteiger partial charge in [0, 0.05) is 12.6 Å². The van der Waals surface area contributed by atoms with Gasteiger partial charge in [-0.15, -0.1) is 0 Å². The molecule has 1 atom stereocenters. The predicted molar refractivity (Wildman–Crippen MR) is 44.6 cm³/mol. The molecule has 0 aliphatic rings. The molecule has 0 rings (SSSR count). The van der Waals surface area contributed by atoms with Crippen molar-refractivity contribution >= 4 is 5.97 Å². The molecule has 0 aromatic heterocycles. The van der Waals surface area contributed by atoms with E-state index in [0.29, 0.717) is 12.6 Å². The Morgan fingerprint density at radius 3 is 2.18 bits per heavy atom. The average Bonchev–Trinajstić information content (AvgIpc) is 1.87. The van der Waals surface area contributed by atoms with E-state index in [1.165, 1.54) is 0 Å². The Kier molecular flexibility index (Phi) is 4.11. The molecule has 66 valence electrons. The van der Waals surface area contributed by atoms with Crippen LogP contribution in [0.2, 0.25) is 0 Å². The van der Waals surface area contributed by atoms with E-state index in [1.807, 2.05) is 11.9 Å². The Morgan fingerprint density at radius 2 is 1.91 bits per heavy atom. The lowest BCUT2D eigenvalue weighted by Crippen LogP contribution is -2.33. The Labute approximate surface area is 68.0 Å². The van der Waals surface area contributed by atoms with Crippen LogP contribution < -0.4 is 0 Å². The van der Waals surface area contributed by atoms with Crippen molar-refractivity contribution in [3.05, 3.63) is 0 Å². The summed E-state index contributed by atoms with van der Waals surface area (Å²) >= 11 is 0. The number of carbonyl (C=O) groups is 1. The van der Waals surface area contributed by atoms with E-state index in [-0.39, 0.29) is 5.92 Å². The van der Waals surface area contributed by atoms with Gasteiger partial charge in [-0.25, -0.2) is 0 Å². The third kappa shape index (κ3) is 3.98. The minimum Gasteiger partial charge on any atom is -0.481 e. The van der Waals surface area contributed by atoms with Crippen LogP contribution in [-0.2, 0) is 4.79 Å². The molecule has 0 saturated carbocycles. The molecule has 0 saturated heterocycles. The molecule has 0 amide bonds. The first-order chi connectivity index (χ1) is 4.95. The van der Waals surface area contributed by atoms with Crippen LogP contribution in [0.3, 0.4) is 0 Å². The van der Waals surface area contributed by atoms with E-state index in [4.69, 9.17) is 5.11 Å². The zero-order valence-electron chi connectivity index (χ0n) is 7.66. The summed E-state index contributed by atoms with van der Waals surface area (Å²) in [6.45, 7) is 6.44. The van der Waals surface area contributed by atoms with Crippen LogP contribution in [0.15, 0.2) is 0 Å². The molecule has 0 fully saturated rings. The molecule has 3 heteroatoms. The first kappa shape index (κ1) is 10.4. The van der Waals surface area contributed by atoms with Crippen LogP contribution in [0, 0.1) is 5.92 Å². The predicted octanol–water partition coefficient (Wildman–Crippen LogP) is 1.05. The third-order valence-corrected chi connectivity index (χ3v) is 1.86. The fraction of sp³-hybridized carbons (Fsp3) is 0.875. The molecule has 1 N–H and O–H groups in total. The second kappa shape index (κ2) is 4.34. The molecule has 0 radical (unpaired) electrons. The van der Waals surface area contributed by atoms with Gasteiger partial charge in [-0.1, -0.05) is 6.92 Å². The van der Waals surface area contributed by atoms with Crippen LogP contribution in [0.1, 0.15) is 20.8 Å². The molecule has 3 nitrogen and oxygen atoms in total. The van der Waals surface area contributed by atoms with Crippen LogP contribution in [-0.4, -0.2) is 35.6 Å². The molecular formula is C8H17NO2. The van der Waals surface area contributed by atoms with Crippen molar-refractivity contribution in [1.82, 2.24) is 4.90 Å². The van der Waals surface area contributed by atoms with Crippen LogP contribution >= 0.6 is 0 Å². The van der Waals surface area contributed by atoms with Gasteiger partial charge >= 0.3 is 5.97 Å². The molecular weight excluding hydrogens is 142 g/mol. The second-order valence-electron chi connectivity index (χ2n) is 3.27. The highest BCUT2D eigenvalue weighted by atomic mass is 16.4. The highest BCUT2D eigenvalue weighted by molar-refractivity contribution is 5.69. The van der Waals surface area contributed by atoms with E-state index in [2.05, 4.69) is 13.8 Å². The summed E-state index contributed by atoms with van der Waals surface area (Å²) in [6, 6.07) is 0.414. The zero-order valence-corrected chi connectivity index (χ0v) is 7.66. The van der Waals surface area contributed by atoms with E-state index in [1.54, 1.807) is 6.92 Å². The second-order valence-corrected chi connectivity index (χ2v) is 3.27. The molecule has 0 spiro atoms. The highest BCUT2D eigenvalue weighted by Gasteiger charge is 2.14. The highest BCUT2D eigenvalue weighted by Crippen LogP contribution is 2.01. The van der Waals surface area contributed by atoms with Crippen molar-refractivity contribution < 1.29 is 9.90 Å². The lowest BCUT2D eigenvalue weighted by atomic mass is 10.1. The van der Waals surface area contributed by atoms with Gasteiger partial charge in [-0.2, -0.15) is 0 Å². The molecule has 0 bridgehead atoms. The Balaban J connectivity index is 3.75. The maximum Gasteiger partial charge on any atom is 0.307 e. The van der Waals surface area contributed by atoms with Gasteiger partial charge < -0.3 is 10.0 Å². The standard InChI is InChI=1S/C8H17NO2/c1-6(2)9(4)5-7(3)8(10)11/h6-7H,5H2,1-4H3,(H,10,11)/t7-/m0/s1. The number of carboxylic acid groups (broad SMARTS) is 1. The number of nitrogens with zero attached hydrogens (tertiary/aromatic N) is 1. The van der Waals surface area contributed by atoms with Gasteiger partial charge in [0.1, 0.15) is 0 Å². The number of carboxylic acids is 1. The van der Waals surface area contributed by atoms with Crippen molar-refractivity contribution in [2.24, 2.45) is 5.92 Å². The topological polar surface area (TPSA) is 40.5 Å². The third-order valence-electron chi connectivity index (χ3n) is 1.86. The number of hydrogen-bond donors (Lipinski definition) is 1. The van der Waals surface area contributed by atoms with Crippen LogP contribution in [0.25, 0.3) is 0 Å². The zero-order chi connectivity index (χ0) is 9.02. The number of rotatable bonds is 4. The normalized spacial score (nSPS) is 14.0. The Morgan fingerprint density at radius 1 is 1.45 bits per heavy atom. The van der Waals surface area contributed by atoms with Crippen LogP contribution in [0.5, 0.6) is 0 Å². The van der Waals surface area contributed by atoms with E-state index < -0.39 is 5.97 Å². The molecule has 0 aromatic rings. The summed E-state index contributed by atoms with van der Waals surface area (Å²) in [5, 5.41) is 8.59. The van der Waals surface area contributed by atoms with Crippen molar-refractivity contribution in [1.29, 1.82) is 0 Å². The monoisotopic (exact) mass is 159 g/mol. The van der Waals surface area contributed by atoms with Gasteiger partial charge in [0.25, 0.3) is 0 Å². The first-order valence-electron chi connectivity index (χ1n) is 3.88. The quantitative estimate of drug-likeness (QED) is 0.666. The van der Waals surface area contributed by atoms with Crippen molar-refractivity contribution in [2.45, 2.75) is 26.8 Å². The largest absolute Gasteiger partial charge is 0.481 e. The molecule has 0 aliphatic carbocycles. The van der Waals surface area contributed by atoms with E-state index >= 15 is 0 Å². The van der Waals surface area contributed by atoms with E-state index in [9.17, 15) is 4.79 Å². The van der Waals surface area contributed by atoms with Gasteiger partial charge in [0.05, 0.1) is 5.92 Å². The fourth-order valence-corrected chi connectivity index (χ4v) is 0.721. The number of aliphatic carboxylic acids is 1. The minimum atomic E-state index is -0.725. The molecule has 0 heterocycles. The average molecular weight is 159 g/mol. The van der Waals surface area contributed by atoms with Crippen LogP contribution in [0.4, 0.5) is 0 Å². The van der Waals surface area contributed by atoms with Gasteiger partial charge in [-0.3, -0.25) is 4.79 Å². The first-order valence-corrected chi connectivity index (χ1v) is 3.88. The summed E-state index contributed by atoms with van der Waals surface area (Å²) in [4.78, 5) is 12.5. The lowest BCUT2D eigenvalue weighted by Gasteiger charge is -2.22. The van der Waals surface area contributed by atoms with Gasteiger partial charge in [0.15, 0.2) is 0 Å². The lowest BCUT2D eigenvalue weighted by molar-refractivity contribution is -0.141. The Hall–Kier alpha value is -0.570. The molecule has 0 aromatic carbocycles. The molecule has 11 heavy (non-hydrogen) atoms. The fourth-order valence-electron chi connectivity index (χ4n) is 0.721. The maximum absolute atomic E-state index is 10.4. The minimum absolute atomic E-state index is 0.276. The van der Waals surface area contributed by atoms with E-state index in [0.717, 1.165) is 0 Å². The summed E-state index contributed by atoms with van der Waals surface area (Å²) in [5.74, 6) is -1.00. The van der Waals surface area contributed by atoms with Crippen molar-refractivity contribution in [2.75, 3.05) is 13.6 Å². The summed E-state index contributed by atoms with van der Waals surface area (Å²) in [5.41, 5.74) is 0. The van der Waals surface area contributed by atoms with Gasteiger partial charge in [-0.05, 0) is 20.9 Å². The number of hydrogen-bond acceptors (Lipinski definition) is 2. The molecule has 0 aliphatic heterocycles. The SMILES string of the molecule is CC(C)N(C)C[C@H](C)C(=O)O. The Bertz CT molecular complexity index is 134. The van der Waals surface area contributed by atoms with Gasteiger partial charge in [0.2, 0.25) is 0 Å². The summed E-state index contributed by atoms with van der Waals surface area (Å²) < 4.78 is 0. The van der Waals surface area contributed by atoms with Crippen molar-refractivity contribution in [3.63, 3.8) is 0 Å². The van der Waals surface area contributed by atoms with Crippen molar-refractivity contribution in [3.8, 4) is 0 Å². The smallest absolute Gasteiger partial charge is 0.307 e. The summed E-state index contributed by atoms with van der Waals surface area (Å²) in [6.07, 6.45) is 0.